The van der Waals surface area contributed by atoms with Gasteiger partial charge in [-0.15, -0.1) is 0 Å². The van der Waals surface area contributed by atoms with E-state index < -0.39 is 9.84 Å². The largest absolute Gasteiger partial charge is 0.439 e. The molecule has 2 rings (SSSR count). The van der Waals surface area contributed by atoms with Gasteiger partial charge < -0.3 is 4.74 Å². The number of pyridine rings is 1. The molecule has 142 valence electrons. The molecular weight excluding hydrogens is 346 g/mol. The molecule has 1 aromatic heterocycles. The minimum absolute atomic E-state index is 0.260. The number of ether oxygens (including phenoxy) is 1. The van der Waals surface area contributed by atoms with Crippen molar-refractivity contribution in [3.05, 3.63) is 54.2 Å². The van der Waals surface area contributed by atoms with Gasteiger partial charge in [-0.25, -0.2) is 13.4 Å². The van der Waals surface area contributed by atoms with Crippen LogP contribution in [-0.4, -0.2) is 24.4 Å². The molecule has 0 fully saturated rings. The molecule has 2 aromatic rings. The van der Waals surface area contributed by atoms with Crippen LogP contribution in [-0.2, 0) is 16.3 Å². The van der Waals surface area contributed by atoms with Gasteiger partial charge in [0.2, 0.25) is 5.88 Å². The van der Waals surface area contributed by atoms with Gasteiger partial charge in [-0.1, -0.05) is 43.5 Å². The van der Waals surface area contributed by atoms with E-state index in [2.05, 4.69) is 11.1 Å². The van der Waals surface area contributed by atoms with E-state index in [4.69, 9.17) is 4.74 Å². The molecule has 0 N–H and O–H groups in total. The van der Waals surface area contributed by atoms with Gasteiger partial charge in [-0.05, 0) is 50.8 Å². The molecule has 0 saturated carbocycles. The number of unbranched alkanes of at least 4 members (excludes halogenated alkanes) is 4. The van der Waals surface area contributed by atoms with Crippen molar-refractivity contribution in [1.29, 1.82) is 0 Å². The van der Waals surface area contributed by atoms with Crippen molar-refractivity contribution < 1.29 is 13.2 Å². The van der Waals surface area contributed by atoms with E-state index in [1.54, 1.807) is 13.8 Å². The summed E-state index contributed by atoms with van der Waals surface area (Å²) in [6, 6.07) is 13.6. The van der Waals surface area contributed by atoms with Gasteiger partial charge in [0.1, 0.15) is 5.75 Å². The molecule has 26 heavy (non-hydrogen) atoms. The number of aryl methyl sites for hydroxylation is 1. The SMILES string of the molecule is CC(C)S(=O)(=O)CCCCCCCc1ccc(Oc2ccccc2)nc1. The predicted molar refractivity (Wildman–Crippen MR) is 106 cm³/mol. The lowest BCUT2D eigenvalue weighted by atomic mass is 10.1. The lowest BCUT2D eigenvalue weighted by Gasteiger charge is -2.07. The molecular formula is C21H29NO3S. The minimum Gasteiger partial charge on any atom is -0.439 e. The first-order chi connectivity index (χ1) is 12.5. The highest BCUT2D eigenvalue weighted by Crippen LogP contribution is 2.19. The summed E-state index contributed by atoms with van der Waals surface area (Å²) in [5, 5.41) is -0.260. The number of hydrogen-bond donors (Lipinski definition) is 0. The van der Waals surface area contributed by atoms with Crippen molar-refractivity contribution in [2.45, 2.75) is 57.6 Å². The summed E-state index contributed by atoms with van der Waals surface area (Å²) in [5.74, 6) is 1.70. The first kappa shape index (κ1) is 20.4. The molecule has 0 amide bonds. The maximum absolute atomic E-state index is 11.7. The van der Waals surface area contributed by atoms with Gasteiger partial charge in [-0.2, -0.15) is 0 Å². The fraction of sp³-hybridized carbons (Fsp3) is 0.476. The van der Waals surface area contributed by atoms with E-state index in [0.29, 0.717) is 11.6 Å². The topological polar surface area (TPSA) is 56.3 Å². The van der Waals surface area contributed by atoms with Gasteiger partial charge in [-0.3, -0.25) is 0 Å². The average Bonchev–Trinajstić information content (AvgIpc) is 2.63. The molecule has 1 aromatic carbocycles. The molecule has 0 radical (unpaired) electrons. The molecule has 4 nitrogen and oxygen atoms in total. The Morgan fingerprint density at radius 3 is 2.27 bits per heavy atom. The van der Waals surface area contributed by atoms with Gasteiger partial charge in [0, 0.05) is 12.3 Å². The van der Waals surface area contributed by atoms with E-state index in [9.17, 15) is 8.42 Å². The van der Waals surface area contributed by atoms with Crippen LogP contribution in [0.4, 0.5) is 0 Å². The van der Waals surface area contributed by atoms with Crippen LogP contribution in [0.5, 0.6) is 11.6 Å². The quantitative estimate of drug-likeness (QED) is 0.507. The van der Waals surface area contributed by atoms with Crippen LogP contribution in [0.15, 0.2) is 48.7 Å². The Balaban J connectivity index is 1.61. The summed E-state index contributed by atoms with van der Waals surface area (Å²) in [4.78, 5) is 4.36. The van der Waals surface area contributed by atoms with E-state index in [1.807, 2.05) is 42.6 Å². The van der Waals surface area contributed by atoms with Gasteiger partial charge >= 0.3 is 0 Å². The van der Waals surface area contributed by atoms with E-state index in [1.165, 1.54) is 5.56 Å². The monoisotopic (exact) mass is 375 g/mol. The fourth-order valence-corrected chi connectivity index (χ4v) is 3.70. The Kier molecular flexibility index (Phi) is 8.10. The summed E-state index contributed by atoms with van der Waals surface area (Å²) < 4.78 is 29.1. The second-order valence-electron chi connectivity index (χ2n) is 6.85. The maximum atomic E-state index is 11.7. The number of sulfone groups is 1. The first-order valence-electron chi connectivity index (χ1n) is 9.37. The van der Waals surface area contributed by atoms with Crippen LogP contribution in [0.2, 0.25) is 0 Å². The van der Waals surface area contributed by atoms with E-state index >= 15 is 0 Å². The Morgan fingerprint density at radius 1 is 0.923 bits per heavy atom. The molecule has 0 aliphatic carbocycles. The van der Waals surface area contributed by atoms with Crippen LogP contribution in [0.25, 0.3) is 0 Å². The number of nitrogens with zero attached hydrogens (tertiary/aromatic N) is 1. The summed E-state index contributed by atoms with van der Waals surface area (Å²) in [7, 11) is -2.88. The standard InChI is InChI=1S/C21H29NO3S/c1-18(2)26(23,24)16-10-5-3-4-7-11-19-14-15-21(22-17-19)25-20-12-8-6-9-13-20/h6,8-9,12-15,17-18H,3-5,7,10-11,16H2,1-2H3. The second kappa shape index (κ2) is 10.3. The third kappa shape index (κ3) is 7.16. The molecule has 0 atom stereocenters. The maximum Gasteiger partial charge on any atom is 0.219 e. The molecule has 5 heteroatoms. The lowest BCUT2D eigenvalue weighted by Crippen LogP contribution is -2.17. The molecule has 0 saturated heterocycles. The second-order valence-corrected chi connectivity index (χ2v) is 9.53. The number of para-hydroxylation sites is 1. The van der Waals surface area contributed by atoms with Crippen molar-refractivity contribution in [3.63, 3.8) is 0 Å². The Bertz CT molecular complexity index is 741. The predicted octanol–water partition coefficient (Wildman–Crippen LogP) is 5.19. The molecule has 0 aliphatic rings. The van der Waals surface area contributed by atoms with Crippen LogP contribution >= 0.6 is 0 Å². The third-order valence-corrected chi connectivity index (χ3v) is 6.67. The summed E-state index contributed by atoms with van der Waals surface area (Å²) in [6.45, 7) is 3.50. The van der Waals surface area contributed by atoms with Crippen molar-refractivity contribution in [2.24, 2.45) is 0 Å². The number of aromatic nitrogens is 1. The zero-order chi connectivity index (χ0) is 18.8. The minimum atomic E-state index is -2.88. The Morgan fingerprint density at radius 2 is 1.62 bits per heavy atom. The molecule has 0 unspecified atom stereocenters. The summed E-state index contributed by atoms with van der Waals surface area (Å²) in [5.41, 5.74) is 1.20. The van der Waals surface area contributed by atoms with Crippen molar-refractivity contribution in [1.82, 2.24) is 4.98 Å². The highest BCUT2D eigenvalue weighted by molar-refractivity contribution is 7.91. The van der Waals surface area contributed by atoms with Crippen molar-refractivity contribution in [3.8, 4) is 11.6 Å². The number of rotatable bonds is 11. The van der Waals surface area contributed by atoms with E-state index in [-0.39, 0.29) is 5.25 Å². The van der Waals surface area contributed by atoms with Crippen molar-refractivity contribution >= 4 is 9.84 Å². The Labute approximate surface area is 157 Å². The zero-order valence-corrected chi connectivity index (χ0v) is 16.5. The number of benzene rings is 1. The van der Waals surface area contributed by atoms with Gasteiger partial charge in [0.15, 0.2) is 9.84 Å². The van der Waals surface area contributed by atoms with Crippen molar-refractivity contribution in [2.75, 3.05) is 5.75 Å². The zero-order valence-electron chi connectivity index (χ0n) is 15.7. The average molecular weight is 376 g/mol. The first-order valence-corrected chi connectivity index (χ1v) is 11.1. The summed E-state index contributed by atoms with van der Waals surface area (Å²) >= 11 is 0. The molecule has 0 spiro atoms. The van der Waals surface area contributed by atoms with Gasteiger partial charge in [0.05, 0.1) is 11.0 Å². The normalized spacial score (nSPS) is 11.7. The van der Waals surface area contributed by atoms with E-state index in [0.717, 1.165) is 44.3 Å². The molecule has 0 aliphatic heterocycles. The smallest absolute Gasteiger partial charge is 0.219 e. The Hall–Kier alpha value is -1.88. The fourth-order valence-electron chi connectivity index (χ4n) is 2.63. The molecule has 0 bridgehead atoms. The lowest BCUT2D eigenvalue weighted by molar-refractivity contribution is 0.462. The van der Waals surface area contributed by atoms with Crippen LogP contribution in [0.1, 0.15) is 51.5 Å². The number of hydrogen-bond acceptors (Lipinski definition) is 4. The highest BCUT2D eigenvalue weighted by Gasteiger charge is 2.14. The third-order valence-electron chi connectivity index (χ3n) is 4.38. The molecule has 1 heterocycles. The van der Waals surface area contributed by atoms with Crippen LogP contribution in [0, 0.1) is 0 Å². The van der Waals surface area contributed by atoms with Crippen LogP contribution in [0.3, 0.4) is 0 Å². The van der Waals surface area contributed by atoms with Gasteiger partial charge in [0.25, 0.3) is 0 Å². The highest BCUT2D eigenvalue weighted by atomic mass is 32.2. The summed E-state index contributed by atoms with van der Waals surface area (Å²) in [6.07, 6.45) is 7.90. The van der Waals surface area contributed by atoms with Crippen LogP contribution < -0.4 is 4.74 Å².